The highest BCUT2D eigenvalue weighted by Gasteiger charge is 2.09. The van der Waals surface area contributed by atoms with Crippen molar-refractivity contribution in [1.82, 2.24) is 9.55 Å². The van der Waals surface area contributed by atoms with Gasteiger partial charge in [0.15, 0.2) is 0 Å². The minimum Gasteiger partial charge on any atom is -0.384 e. The molecule has 2 rings (SSSR count). The first-order chi connectivity index (χ1) is 7.50. The highest BCUT2D eigenvalue weighted by Crippen LogP contribution is 2.18. The summed E-state index contributed by atoms with van der Waals surface area (Å²) in [4.78, 5) is 16.0. The van der Waals surface area contributed by atoms with E-state index in [4.69, 9.17) is 11.5 Å². The van der Waals surface area contributed by atoms with Crippen molar-refractivity contribution in [3.05, 3.63) is 28.7 Å². The van der Waals surface area contributed by atoms with Gasteiger partial charge >= 0.3 is 0 Å². The predicted octanol–water partition coefficient (Wildman–Crippen LogP) is 1.14. The highest BCUT2D eigenvalue weighted by molar-refractivity contribution is 5.91. The normalized spacial score (nSPS) is 11.2. The Bertz CT molecular complexity index is 601. The number of hydrogen-bond acceptors (Lipinski definition) is 4. The topological polar surface area (TPSA) is 86.9 Å². The van der Waals surface area contributed by atoms with Crippen LogP contribution in [0, 0.1) is 0 Å². The average Bonchev–Trinajstić information content (AvgIpc) is 2.15. The molecule has 0 bridgehead atoms. The number of nitrogens with two attached hydrogens (primary N) is 2. The first-order valence-corrected chi connectivity index (χ1v) is 5.07. The third-order valence-electron chi connectivity index (χ3n) is 2.52. The monoisotopic (exact) mass is 218 g/mol. The fourth-order valence-electron chi connectivity index (χ4n) is 1.74. The molecule has 0 aliphatic carbocycles. The van der Waals surface area contributed by atoms with E-state index in [0.717, 1.165) is 5.39 Å². The largest absolute Gasteiger partial charge is 0.384 e. The van der Waals surface area contributed by atoms with Crippen molar-refractivity contribution in [2.75, 3.05) is 11.5 Å². The molecule has 5 heteroatoms. The molecule has 0 saturated heterocycles. The molecule has 2 aromatic rings. The van der Waals surface area contributed by atoms with E-state index in [1.807, 2.05) is 19.9 Å². The molecule has 4 N–H and O–H groups in total. The molecule has 0 radical (unpaired) electrons. The maximum Gasteiger partial charge on any atom is 0.262 e. The number of nitrogens with zero attached hydrogens (tertiary/aromatic N) is 2. The SMILES string of the molecule is CC(C)n1ccc2cc(N)nc(N)c2c1=O. The summed E-state index contributed by atoms with van der Waals surface area (Å²) in [5.41, 5.74) is 11.2. The van der Waals surface area contributed by atoms with Crippen LogP contribution in [0.1, 0.15) is 19.9 Å². The fraction of sp³-hybridized carbons (Fsp3) is 0.273. The lowest BCUT2D eigenvalue weighted by Gasteiger charge is -2.11. The lowest BCUT2D eigenvalue weighted by molar-refractivity contribution is 0.583. The van der Waals surface area contributed by atoms with E-state index < -0.39 is 0 Å². The molecule has 0 aromatic carbocycles. The predicted molar refractivity (Wildman–Crippen MR) is 65.2 cm³/mol. The van der Waals surface area contributed by atoms with E-state index in [9.17, 15) is 4.79 Å². The standard InChI is InChI=1S/C11H14N4O/c1-6(2)15-4-3-7-5-8(12)14-10(13)9(7)11(15)16/h3-6H,1-2H3,(H4,12,13,14). The smallest absolute Gasteiger partial charge is 0.262 e. The molecule has 5 nitrogen and oxygen atoms in total. The van der Waals surface area contributed by atoms with Crippen molar-refractivity contribution >= 4 is 22.4 Å². The Kier molecular flexibility index (Phi) is 2.30. The van der Waals surface area contributed by atoms with Crippen molar-refractivity contribution in [2.24, 2.45) is 0 Å². The number of anilines is 2. The molecule has 84 valence electrons. The Morgan fingerprint density at radius 1 is 1.38 bits per heavy atom. The van der Waals surface area contributed by atoms with Crippen LogP contribution < -0.4 is 17.0 Å². The first-order valence-electron chi connectivity index (χ1n) is 5.07. The second-order valence-electron chi connectivity index (χ2n) is 4.02. The van der Waals surface area contributed by atoms with Crippen LogP contribution in [0.4, 0.5) is 11.6 Å². The van der Waals surface area contributed by atoms with Gasteiger partial charge in [-0.05, 0) is 31.4 Å². The summed E-state index contributed by atoms with van der Waals surface area (Å²) in [7, 11) is 0. The zero-order valence-corrected chi connectivity index (χ0v) is 9.27. The summed E-state index contributed by atoms with van der Waals surface area (Å²) in [6.45, 7) is 3.88. The maximum atomic E-state index is 12.1. The van der Waals surface area contributed by atoms with E-state index >= 15 is 0 Å². The molecule has 2 aromatic heterocycles. The van der Waals surface area contributed by atoms with Crippen LogP contribution in [0.15, 0.2) is 23.1 Å². The van der Waals surface area contributed by atoms with Crippen LogP contribution in [0.2, 0.25) is 0 Å². The van der Waals surface area contributed by atoms with E-state index in [-0.39, 0.29) is 17.4 Å². The van der Waals surface area contributed by atoms with Crippen LogP contribution in [0.3, 0.4) is 0 Å². The average molecular weight is 218 g/mol. The van der Waals surface area contributed by atoms with Crippen LogP contribution in [-0.2, 0) is 0 Å². The van der Waals surface area contributed by atoms with Gasteiger partial charge in [0.1, 0.15) is 11.6 Å². The van der Waals surface area contributed by atoms with E-state index in [2.05, 4.69) is 4.98 Å². The fourth-order valence-corrected chi connectivity index (χ4v) is 1.74. The van der Waals surface area contributed by atoms with Gasteiger partial charge in [-0.1, -0.05) is 0 Å². The van der Waals surface area contributed by atoms with Gasteiger partial charge in [0.25, 0.3) is 5.56 Å². The number of pyridine rings is 2. The van der Waals surface area contributed by atoms with Gasteiger partial charge in [-0.25, -0.2) is 4.98 Å². The van der Waals surface area contributed by atoms with E-state index in [0.29, 0.717) is 11.2 Å². The molecule has 0 atom stereocenters. The van der Waals surface area contributed by atoms with Crippen molar-refractivity contribution < 1.29 is 0 Å². The van der Waals surface area contributed by atoms with Gasteiger partial charge in [0.2, 0.25) is 0 Å². The minimum absolute atomic E-state index is 0.0915. The number of rotatable bonds is 1. The van der Waals surface area contributed by atoms with Gasteiger partial charge in [-0.15, -0.1) is 0 Å². The zero-order chi connectivity index (χ0) is 11.9. The summed E-state index contributed by atoms with van der Waals surface area (Å²) < 4.78 is 1.62. The molecular formula is C11H14N4O. The second-order valence-corrected chi connectivity index (χ2v) is 4.02. The summed E-state index contributed by atoms with van der Waals surface area (Å²) in [6, 6.07) is 3.57. The Morgan fingerprint density at radius 2 is 2.06 bits per heavy atom. The molecule has 0 unspecified atom stereocenters. The molecular weight excluding hydrogens is 204 g/mol. The summed E-state index contributed by atoms with van der Waals surface area (Å²) in [5.74, 6) is 0.515. The number of nitrogen functional groups attached to an aromatic ring is 2. The molecule has 16 heavy (non-hydrogen) atoms. The third-order valence-corrected chi connectivity index (χ3v) is 2.52. The Labute approximate surface area is 92.7 Å². The van der Waals surface area contributed by atoms with Gasteiger partial charge in [0, 0.05) is 12.2 Å². The lowest BCUT2D eigenvalue weighted by atomic mass is 10.2. The number of fused-ring (bicyclic) bond motifs is 1. The Hall–Kier alpha value is -2.04. The molecule has 0 saturated carbocycles. The minimum atomic E-state index is -0.127. The van der Waals surface area contributed by atoms with Crippen LogP contribution in [0.25, 0.3) is 10.8 Å². The number of aromatic nitrogens is 2. The lowest BCUT2D eigenvalue weighted by Crippen LogP contribution is -2.22. The Balaban J connectivity index is 2.90. The molecule has 0 fully saturated rings. The molecule has 0 spiro atoms. The summed E-state index contributed by atoms with van der Waals surface area (Å²) in [6.07, 6.45) is 1.74. The van der Waals surface area contributed by atoms with Gasteiger partial charge in [0.05, 0.1) is 5.39 Å². The summed E-state index contributed by atoms with van der Waals surface area (Å²) >= 11 is 0. The van der Waals surface area contributed by atoms with Crippen LogP contribution >= 0.6 is 0 Å². The van der Waals surface area contributed by atoms with E-state index in [1.54, 1.807) is 16.8 Å². The van der Waals surface area contributed by atoms with Crippen LogP contribution in [-0.4, -0.2) is 9.55 Å². The second kappa shape index (κ2) is 3.52. The van der Waals surface area contributed by atoms with Crippen molar-refractivity contribution in [2.45, 2.75) is 19.9 Å². The molecule has 0 aliphatic heterocycles. The first kappa shape index (κ1) is 10.5. The molecule has 0 aliphatic rings. The highest BCUT2D eigenvalue weighted by atomic mass is 16.1. The molecule has 2 heterocycles. The van der Waals surface area contributed by atoms with Crippen molar-refractivity contribution in [3.8, 4) is 0 Å². The van der Waals surface area contributed by atoms with Crippen molar-refractivity contribution in [1.29, 1.82) is 0 Å². The van der Waals surface area contributed by atoms with Gasteiger partial charge in [-0.2, -0.15) is 0 Å². The third kappa shape index (κ3) is 1.50. The van der Waals surface area contributed by atoms with Gasteiger partial charge in [-0.3, -0.25) is 4.79 Å². The summed E-state index contributed by atoms with van der Waals surface area (Å²) in [5, 5.41) is 1.16. The Morgan fingerprint density at radius 3 is 2.69 bits per heavy atom. The van der Waals surface area contributed by atoms with Crippen molar-refractivity contribution in [3.63, 3.8) is 0 Å². The van der Waals surface area contributed by atoms with Crippen LogP contribution in [0.5, 0.6) is 0 Å². The quantitative estimate of drug-likeness (QED) is 0.751. The van der Waals surface area contributed by atoms with E-state index in [1.165, 1.54) is 0 Å². The zero-order valence-electron chi connectivity index (χ0n) is 9.27. The van der Waals surface area contributed by atoms with Gasteiger partial charge < -0.3 is 16.0 Å². The maximum absolute atomic E-state index is 12.1. The number of hydrogen-bond donors (Lipinski definition) is 2. The molecule has 0 amide bonds.